The van der Waals surface area contributed by atoms with E-state index in [9.17, 15) is 0 Å². The Kier molecular flexibility index (Phi) is 9.88. The molecule has 2 aliphatic heterocycles. The van der Waals surface area contributed by atoms with Gasteiger partial charge in [-0.3, -0.25) is 0 Å². The second-order valence-corrected chi connectivity index (χ2v) is 15.4. The first-order valence-electron chi connectivity index (χ1n) is 13.1. The van der Waals surface area contributed by atoms with E-state index in [2.05, 4.69) is 135 Å². The average molecular weight is 647 g/mol. The normalized spacial score (nSPS) is 15.7. The molecule has 5 heteroatoms. The summed E-state index contributed by atoms with van der Waals surface area (Å²) in [5.74, 6) is 0. The fourth-order valence-electron chi connectivity index (χ4n) is 6.79. The van der Waals surface area contributed by atoms with Crippen molar-refractivity contribution in [1.29, 1.82) is 0 Å². The van der Waals surface area contributed by atoms with Crippen molar-refractivity contribution in [3.05, 3.63) is 125 Å². The van der Waals surface area contributed by atoms with Gasteiger partial charge < -0.3 is 29.4 Å². The molecule has 0 saturated heterocycles. The van der Waals surface area contributed by atoms with Gasteiger partial charge in [-0.15, -0.1) is 34.5 Å². The Balaban J connectivity index is 0.000000201. The van der Waals surface area contributed by atoms with Gasteiger partial charge in [-0.25, -0.2) is 0 Å². The third kappa shape index (κ3) is 5.13. The molecular formula is C34H34Cl2NSiZr. The van der Waals surface area contributed by atoms with Gasteiger partial charge in [-0.05, 0) is 54.8 Å². The van der Waals surface area contributed by atoms with Gasteiger partial charge in [0.2, 0.25) is 0 Å². The predicted octanol–water partition coefficient (Wildman–Crippen LogP) is 3.25. The summed E-state index contributed by atoms with van der Waals surface area (Å²) in [6.45, 7) is 11.8. The van der Waals surface area contributed by atoms with Crippen LogP contribution in [0, 0.1) is 6.92 Å². The first-order valence-corrected chi connectivity index (χ1v) is 16.2. The quantitative estimate of drug-likeness (QED) is 0.210. The number of benzene rings is 3. The van der Waals surface area contributed by atoms with Gasteiger partial charge in [0.15, 0.2) is 0 Å². The van der Waals surface area contributed by atoms with Crippen LogP contribution >= 0.6 is 0 Å². The molecule has 197 valence electrons. The van der Waals surface area contributed by atoms with Crippen LogP contribution in [-0.2, 0) is 32.6 Å². The van der Waals surface area contributed by atoms with Gasteiger partial charge >= 0.3 is 26.2 Å². The summed E-state index contributed by atoms with van der Waals surface area (Å²) in [5, 5.41) is 4.43. The van der Waals surface area contributed by atoms with Gasteiger partial charge in [0.25, 0.3) is 0 Å². The van der Waals surface area contributed by atoms with Crippen LogP contribution in [0.15, 0.2) is 103 Å². The Morgan fingerprint density at radius 1 is 0.821 bits per heavy atom. The van der Waals surface area contributed by atoms with Crippen LogP contribution in [0.25, 0.3) is 32.8 Å². The average Bonchev–Trinajstić information content (AvgIpc) is 3.59. The van der Waals surface area contributed by atoms with Gasteiger partial charge in [-0.1, -0.05) is 85.8 Å². The minimum atomic E-state index is -1.19. The molecule has 1 nitrogen and oxygen atoms in total. The third-order valence-corrected chi connectivity index (χ3v) is 12.4. The van der Waals surface area contributed by atoms with Gasteiger partial charge in [-0.2, -0.15) is 6.07 Å². The van der Waals surface area contributed by atoms with Crippen molar-refractivity contribution in [2.75, 3.05) is 0 Å². The maximum Gasteiger partial charge on any atom is 3.00 e. The van der Waals surface area contributed by atoms with Crippen molar-refractivity contribution in [2.24, 2.45) is 0 Å². The molecule has 0 saturated carbocycles. The zero-order valence-electron chi connectivity index (χ0n) is 23.2. The smallest absolute Gasteiger partial charge is 1.00 e. The van der Waals surface area contributed by atoms with Crippen molar-refractivity contribution in [1.82, 2.24) is 4.57 Å². The zero-order chi connectivity index (χ0) is 25.0. The number of para-hydroxylation sites is 1. The van der Waals surface area contributed by atoms with E-state index >= 15 is 0 Å². The van der Waals surface area contributed by atoms with E-state index in [0.29, 0.717) is 0 Å². The summed E-state index contributed by atoms with van der Waals surface area (Å²) in [5.41, 5.74) is 12.3. The van der Waals surface area contributed by atoms with E-state index < -0.39 is 8.07 Å². The fraction of sp³-hybridized carbons (Fsp3) is 0.206. The van der Waals surface area contributed by atoms with Crippen molar-refractivity contribution >= 4 is 24.0 Å². The number of hydrogen-bond donors (Lipinski definition) is 0. The number of nitrogens with zero attached hydrogens (tertiary/aromatic N) is 1. The van der Waals surface area contributed by atoms with E-state index in [4.69, 9.17) is 0 Å². The van der Waals surface area contributed by atoms with Crippen molar-refractivity contribution in [3.8, 4) is 16.8 Å². The largest absolute Gasteiger partial charge is 3.00 e. The van der Waals surface area contributed by atoms with Crippen LogP contribution in [0.4, 0.5) is 0 Å². The molecule has 2 bridgehead atoms. The number of fused-ring (bicyclic) bond motifs is 1. The Bertz CT molecular complexity index is 1610. The Hall–Kier alpha value is -2.03. The zero-order valence-corrected chi connectivity index (χ0v) is 28.2. The first kappa shape index (κ1) is 31.5. The number of hydrogen-bond acceptors (Lipinski definition) is 0. The molecule has 3 heterocycles. The fourth-order valence-corrected chi connectivity index (χ4v) is 11.1. The van der Waals surface area contributed by atoms with Crippen molar-refractivity contribution < 1.29 is 51.0 Å². The minimum Gasteiger partial charge on any atom is -1.00 e. The number of allylic oxidation sites excluding steroid dienone is 1. The maximum atomic E-state index is 2.52. The number of aromatic nitrogens is 1. The van der Waals surface area contributed by atoms with Crippen LogP contribution in [0.1, 0.15) is 41.9 Å². The standard InChI is InChI=1S/C17H19NSi.C17H15.2ClH.Zr/c1-11-10-14-15(17-12(2)16(14)19(17,3)4)18(11)13-8-6-5-7-9-13;1-2-13-11-15-9-6-10-16(17(15)12-13)14-7-4-3-5-8-14;;;/h5-10,16H,1-4H3;3-12H,2H2,1H3;2*1H;/q;-1;;;+3/p-2. The molecule has 8 rings (SSSR count). The molecule has 1 aromatic heterocycles. The molecule has 39 heavy (non-hydrogen) atoms. The van der Waals surface area contributed by atoms with E-state index in [1.54, 1.807) is 16.3 Å². The molecule has 4 aromatic carbocycles. The summed E-state index contributed by atoms with van der Waals surface area (Å²) in [4.78, 5) is 0. The van der Waals surface area contributed by atoms with E-state index in [0.717, 1.165) is 12.0 Å². The molecule has 3 aliphatic rings. The Labute approximate surface area is 265 Å². The van der Waals surface area contributed by atoms with Gasteiger partial charge in [0, 0.05) is 22.6 Å². The summed E-state index contributed by atoms with van der Waals surface area (Å²) in [6.07, 6.45) is 1.10. The minimum absolute atomic E-state index is 0. The number of rotatable bonds is 3. The molecule has 0 fully saturated rings. The van der Waals surface area contributed by atoms with Gasteiger partial charge in [0.05, 0.1) is 8.07 Å². The van der Waals surface area contributed by atoms with Gasteiger partial charge in [0.1, 0.15) is 0 Å². The topological polar surface area (TPSA) is 4.93 Å². The first-order chi connectivity index (χ1) is 17.4. The third-order valence-electron chi connectivity index (χ3n) is 8.27. The molecular weight excluding hydrogens is 613 g/mol. The second-order valence-electron chi connectivity index (χ2n) is 10.9. The molecule has 1 radical (unpaired) electrons. The van der Waals surface area contributed by atoms with Crippen molar-refractivity contribution in [3.63, 3.8) is 0 Å². The molecule has 1 unspecified atom stereocenters. The Morgan fingerprint density at radius 2 is 1.46 bits per heavy atom. The monoisotopic (exact) mass is 644 g/mol. The summed E-state index contributed by atoms with van der Waals surface area (Å²) in [7, 11) is -1.19. The molecule has 1 aliphatic carbocycles. The number of halogens is 2. The number of aryl methyl sites for hydroxylation is 2. The Morgan fingerprint density at radius 3 is 2.08 bits per heavy atom. The summed E-state index contributed by atoms with van der Waals surface area (Å²) >= 11 is 0. The molecule has 0 amide bonds. The summed E-state index contributed by atoms with van der Waals surface area (Å²) < 4.78 is 2.47. The second kappa shape index (κ2) is 12.2. The summed E-state index contributed by atoms with van der Waals surface area (Å²) in [6, 6.07) is 35.0. The van der Waals surface area contributed by atoms with Crippen LogP contribution in [0.3, 0.4) is 0 Å². The van der Waals surface area contributed by atoms with Crippen LogP contribution in [0.2, 0.25) is 13.1 Å². The van der Waals surface area contributed by atoms with Crippen molar-refractivity contribution in [2.45, 2.75) is 45.8 Å². The van der Waals surface area contributed by atoms with Crippen LogP contribution < -0.4 is 24.8 Å². The maximum absolute atomic E-state index is 2.52. The van der Waals surface area contributed by atoms with E-state index in [1.807, 2.05) is 0 Å². The molecule has 1 atom stereocenters. The SMILES string of the molecule is CC1=C2c3c(cc(C)n3-c3ccccc3)C1[Si]2(C)C.CCc1cc2c(-c3ccccc3)cccc2[cH-]1.[Cl-].[Cl-].[Zr+3]. The van der Waals surface area contributed by atoms with E-state index in [1.165, 1.54) is 44.5 Å². The predicted molar refractivity (Wildman–Crippen MR) is 158 cm³/mol. The molecule has 5 aromatic rings. The molecule has 0 spiro atoms. The van der Waals surface area contributed by atoms with E-state index in [-0.39, 0.29) is 51.0 Å². The molecule has 0 N–H and O–H groups in total. The van der Waals surface area contributed by atoms with Crippen LogP contribution in [0.5, 0.6) is 0 Å². The van der Waals surface area contributed by atoms with Crippen LogP contribution in [-0.4, -0.2) is 12.6 Å².